The third-order valence-corrected chi connectivity index (χ3v) is 9.86. The Balaban J connectivity index is 2.09. The van der Waals surface area contributed by atoms with Gasteiger partial charge in [-0.2, -0.15) is 0 Å². The summed E-state index contributed by atoms with van der Waals surface area (Å²) in [6.07, 6.45) is 0. The van der Waals surface area contributed by atoms with E-state index >= 15 is 0 Å². The maximum atomic E-state index is 11.3. The van der Waals surface area contributed by atoms with E-state index in [0.717, 1.165) is 0 Å². The highest BCUT2D eigenvalue weighted by atomic mass is 28.4. The fourth-order valence-corrected chi connectivity index (χ4v) is 8.14. The normalized spacial score (nSPS) is 12.0. The Labute approximate surface area is 167 Å². The van der Waals surface area contributed by atoms with Gasteiger partial charge in [-0.15, -0.1) is 0 Å². The molecule has 3 rings (SSSR count). The van der Waals surface area contributed by atoms with Gasteiger partial charge in [-0.25, -0.2) is 9.78 Å². The summed E-state index contributed by atoms with van der Waals surface area (Å²) in [5, 5.41) is 11.5. The Morgan fingerprint density at radius 3 is 1.89 bits per heavy atom. The van der Waals surface area contributed by atoms with E-state index in [-0.39, 0.29) is 17.3 Å². The van der Waals surface area contributed by atoms with Crippen LogP contribution < -0.4 is 10.4 Å². The molecule has 0 fully saturated rings. The molecule has 0 saturated carbocycles. The third-order valence-electron chi connectivity index (χ3n) is 4.88. The van der Waals surface area contributed by atoms with Crippen LogP contribution in [-0.2, 0) is 11.0 Å². The average molecular weight is 392 g/mol. The topological polar surface area (TPSA) is 59.4 Å². The molecule has 3 aromatic rings. The average Bonchev–Trinajstić information content (AvgIpc) is 2.69. The first-order chi connectivity index (χ1) is 13.3. The molecule has 0 unspecified atom stereocenters. The first kappa shape index (κ1) is 20.0. The first-order valence-corrected chi connectivity index (χ1v) is 11.2. The van der Waals surface area contributed by atoms with Gasteiger partial charge >= 0.3 is 5.97 Å². The molecule has 0 amide bonds. The van der Waals surface area contributed by atoms with Gasteiger partial charge in [0.2, 0.25) is 0 Å². The van der Waals surface area contributed by atoms with E-state index in [4.69, 9.17) is 4.43 Å². The van der Waals surface area contributed by atoms with Crippen molar-refractivity contribution in [3.05, 3.63) is 90.3 Å². The van der Waals surface area contributed by atoms with Crippen molar-refractivity contribution in [3.63, 3.8) is 0 Å². The van der Waals surface area contributed by atoms with Crippen molar-refractivity contribution in [3.8, 4) is 0 Å². The number of carbonyl (C=O) groups is 1. The number of aromatic carboxylic acids is 1. The fourth-order valence-electron chi connectivity index (χ4n) is 3.62. The van der Waals surface area contributed by atoms with Crippen LogP contribution in [0.5, 0.6) is 0 Å². The lowest BCUT2D eigenvalue weighted by Gasteiger charge is -2.43. The second kappa shape index (κ2) is 8.08. The lowest BCUT2D eigenvalue weighted by Crippen LogP contribution is -2.66. The number of rotatable bonds is 6. The van der Waals surface area contributed by atoms with Gasteiger partial charge < -0.3 is 9.53 Å². The quantitative estimate of drug-likeness (QED) is 0.648. The summed E-state index contributed by atoms with van der Waals surface area (Å²) >= 11 is 0. The molecule has 5 heteroatoms. The molecule has 4 nitrogen and oxygen atoms in total. The second-order valence-electron chi connectivity index (χ2n) is 7.77. The summed E-state index contributed by atoms with van der Waals surface area (Å²) in [4.78, 5) is 15.5. The van der Waals surface area contributed by atoms with Crippen LogP contribution in [0.15, 0.2) is 78.9 Å². The summed E-state index contributed by atoms with van der Waals surface area (Å²) in [6.45, 7) is 6.88. The van der Waals surface area contributed by atoms with Gasteiger partial charge in [0.25, 0.3) is 8.32 Å². The summed E-state index contributed by atoms with van der Waals surface area (Å²) < 4.78 is 6.77. The van der Waals surface area contributed by atoms with Crippen LogP contribution in [0.3, 0.4) is 0 Å². The highest BCUT2D eigenvalue weighted by molar-refractivity contribution is 6.99. The molecular formula is C23H25NO3Si. The van der Waals surface area contributed by atoms with Crippen LogP contribution in [0.25, 0.3) is 0 Å². The van der Waals surface area contributed by atoms with Gasteiger partial charge in [0.15, 0.2) is 0 Å². The van der Waals surface area contributed by atoms with Gasteiger partial charge in [-0.3, -0.25) is 0 Å². The predicted octanol–water partition coefficient (Wildman–Crippen LogP) is 3.86. The smallest absolute Gasteiger partial charge is 0.354 e. The van der Waals surface area contributed by atoms with Gasteiger partial charge in [0.05, 0.1) is 12.3 Å². The zero-order chi connectivity index (χ0) is 20.2. The number of hydrogen-bond acceptors (Lipinski definition) is 3. The summed E-state index contributed by atoms with van der Waals surface area (Å²) in [7, 11) is -2.66. The van der Waals surface area contributed by atoms with Crippen molar-refractivity contribution in [2.45, 2.75) is 32.4 Å². The number of pyridine rings is 1. The van der Waals surface area contributed by atoms with Gasteiger partial charge in [-0.1, -0.05) is 87.5 Å². The van der Waals surface area contributed by atoms with Crippen LogP contribution in [-0.4, -0.2) is 24.4 Å². The van der Waals surface area contributed by atoms with Gasteiger partial charge in [-0.05, 0) is 27.5 Å². The molecule has 0 saturated heterocycles. The van der Waals surface area contributed by atoms with E-state index in [9.17, 15) is 9.90 Å². The Hall–Kier alpha value is -2.76. The highest BCUT2D eigenvalue weighted by Crippen LogP contribution is 2.37. The molecule has 2 aromatic carbocycles. The molecule has 0 aliphatic heterocycles. The Kier molecular flexibility index (Phi) is 5.77. The highest BCUT2D eigenvalue weighted by Gasteiger charge is 2.50. The standard InChI is InChI=1S/C23H25NO3Si/c1-23(2,3)28(19-12-6-4-7-13-19,20-14-8-5-9-15-20)27-17-18-11-10-16-21(24-18)22(25)26/h4-16H,17H2,1-3H3,(H,25,26). The zero-order valence-corrected chi connectivity index (χ0v) is 17.4. The van der Waals surface area contributed by atoms with Crippen LogP contribution in [0, 0.1) is 0 Å². The third kappa shape index (κ3) is 3.91. The van der Waals surface area contributed by atoms with Crippen molar-refractivity contribution in [1.29, 1.82) is 0 Å². The molecule has 1 heterocycles. The lowest BCUT2D eigenvalue weighted by molar-refractivity contribution is 0.0690. The minimum absolute atomic E-state index is 0.0311. The molecule has 28 heavy (non-hydrogen) atoms. The molecule has 0 aliphatic rings. The Morgan fingerprint density at radius 2 is 1.43 bits per heavy atom. The van der Waals surface area contributed by atoms with E-state index in [0.29, 0.717) is 5.69 Å². The van der Waals surface area contributed by atoms with Crippen molar-refractivity contribution < 1.29 is 14.3 Å². The molecule has 1 N–H and O–H groups in total. The van der Waals surface area contributed by atoms with Crippen molar-refractivity contribution in [1.82, 2.24) is 4.98 Å². The zero-order valence-electron chi connectivity index (χ0n) is 16.4. The SMILES string of the molecule is CC(C)(C)[Si](OCc1cccc(C(=O)O)n1)(c1ccccc1)c1ccccc1. The summed E-state index contributed by atoms with van der Waals surface area (Å²) in [6, 6.07) is 25.7. The number of benzene rings is 2. The molecule has 0 aliphatic carbocycles. The maximum absolute atomic E-state index is 11.3. The second-order valence-corrected chi connectivity index (χ2v) is 12.1. The maximum Gasteiger partial charge on any atom is 0.354 e. The lowest BCUT2D eigenvalue weighted by atomic mass is 10.2. The van der Waals surface area contributed by atoms with Crippen LogP contribution in [0.4, 0.5) is 0 Å². The molecule has 0 atom stereocenters. The molecule has 1 aromatic heterocycles. The molecule has 144 valence electrons. The largest absolute Gasteiger partial charge is 0.477 e. The van der Waals surface area contributed by atoms with Crippen molar-refractivity contribution in [2.24, 2.45) is 0 Å². The van der Waals surface area contributed by atoms with E-state index < -0.39 is 14.3 Å². The summed E-state index contributed by atoms with van der Waals surface area (Å²) in [5.74, 6) is -1.03. The Bertz CT molecular complexity index is 897. The van der Waals surface area contributed by atoms with E-state index in [1.54, 1.807) is 6.07 Å². The van der Waals surface area contributed by atoms with E-state index in [2.05, 4.69) is 50.0 Å². The Morgan fingerprint density at radius 1 is 0.893 bits per heavy atom. The molecule has 0 spiro atoms. The number of hydrogen-bond donors (Lipinski definition) is 1. The number of nitrogens with zero attached hydrogens (tertiary/aromatic N) is 1. The minimum Gasteiger partial charge on any atom is -0.477 e. The molecule has 0 bridgehead atoms. The van der Waals surface area contributed by atoms with Crippen molar-refractivity contribution in [2.75, 3.05) is 0 Å². The van der Waals surface area contributed by atoms with Gasteiger partial charge in [0, 0.05) is 0 Å². The minimum atomic E-state index is -2.66. The number of aromatic nitrogens is 1. The number of carboxylic acids is 1. The first-order valence-electron chi connectivity index (χ1n) is 9.29. The monoisotopic (exact) mass is 391 g/mol. The molecular weight excluding hydrogens is 366 g/mol. The molecule has 0 radical (unpaired) electrons. The predicted molar refractivity (Wildman–Crippen MR) is 114 cm³/mol. The van der Waals surface area contributed by atoms with E-state index in [1.165, 1.54) is 16.4 Å². The van der Waals surface area contributed by atoms with E-state index in [1.807, 2.05) is 42.5 Å². The van der Waals surface area contributed by atoms with Gasteiger partial charge in [0.1, 0.15) is 5.69 Å². The van der Waals surface area contributed by atoms with Crippen LogP contribution in [0.1, 0.15) is 37.0 Å². The number of carboxylic acid groups (broad SMARTS) is 1. The van der Waals surface area contributed by atoms with Crippen LogP contribution >= 0.6 is 0 Å². The van der Waals surface area contributed by atoms with Crippen LogP contribution in [0.2, 0.25) is 5.04 Å². The summed E-state index contributed by atoms with van der Waals surface area (Å²) in [5.41, 5.74) is 0.649. The fraction of sp³-hybridized carbons (Fsp3) is 0.217. The van der Waals surface area contributed by atoms with Crippen molar-refractivity contribution >= 4 is 24.7 Å².